The van der Waals surface area contributed by atoms with Crippen molar-refractivity contribution in [3.63, 3.8) is 0 Å². The minimum Gasteiger partial charge on any atom is -0.337 e. The maximum absolute atomic E-state index is 12.9. The van der Waals surface area contributed by atoms with Crippen LogP contribution in [0.15, 0.2) is 24.5 Å². The molecule has 1 aliphatic rings. The lowest BCUT2D eigenvalue weighted by Crippen LogP contribution is -2.44. The molecule has 0 bridgehead atoms. The van der Waals surface area contributed by atoms with Gasteiger partial charge in [-0.25, -0.2) is 4.98 Å². The molecule has 1 aromatic carbocycles. The van der Waals surface area contributed by atoms with Crippen LogP contribution in [0.2, 0.25) is 0 Å². The van der Waals surface area contributed by atoms with Gasteiger partial charge in [0.25, 0.3) is 0 Å². The number of fused-ring (bicyclic) bond motifs is 1. The Morgan fingerprint density at radius 3 is 2.96 bits per heavy atom. The molecule has 1 unspecified atom stereocenters. The van der Waals surface area contributed by atoms with Crippen molar-refractivity contribution in [2.45, 2.75) is 39.3 Å². The lowest BCUT2D eigenvalue weighted by molar-refractivity contribution is -0.134. The van der Waals surface area contributed by atoms with E-state index in [1.165, 1.54) is 5.56 Å². The zero-order valence-corrected chi connectivity index (χ0v) is 14.3. The Bertz CT molecular complexity index is 693. The van der Waals surface area contributed by atoms with Gasteiger partial charge in [-0.1, -0.05) is 13.0 Å². The number of amides is 1. The summed E-state index contributed by atoms with van der Waals surface area (Å²) in [6.45, 7) is 7.49. The third kappa shape index (κ3) is 3.39. The number of nitrogens with zero attached hydrogens (tertiary/aromatic N) is 4. The van der Waals surface area contributed by atoms with Crippen LogP contribution < -0.4 is 0 Å². The van der Waals surface area contributed by atoms with Gasteiger partial charge in [-0.2, -0.15) is 0 Å². The highest BCUT2D eigenvalue weighted by atomic mass is 16.2. The molecule has 23 heavy (non-hydrogen) atoms. The standard InChI is InChI=1S/C18H26N4O/c1-4-15-11-20(3)8-5-9-22(15)18(23)12-21-13-19-16-7-6-14(2)10-17(16)21/h6-7,10,13,15H,4-5,8-9,11-12H2,1-3H3. The molecule has 2 aromatic rings. The number of imidazole rings is 1. The molecule has 1 atom stereocenters. The van der Waals surface area contributed by atoms with Crippen molar-refractivity contribution in [3.8, 4) is 0 Å². The van der Waals surface area contributed by atoms with E-state index in [4.69, 9.17) is 0 Å². The molecule has 2 heterocycles. The number of hydrogen-bond acceptors (Lipinski definition) is 3. The SMILES string of the molecule is CCC1CN(C)CCCN1C(=O)Cn1cnc2ccc(C)cc21. The average Bonchev–Trinajstić information content (AvgIpc) is 2.80. The van der Waals surface area contributed by atoms with E-state index in [0.717, 1.165) is 43.5 Å². The van der Waals surface area contributed by atoms with Crippen LogP contribution in [0.5, 0.6) is 0 Å². The van der Waals surface area contributed by atoms with Crippen LogP contribution in [0, 0.1) is 6.92 Å². The molecule has 124 valence electrons. The Balaban J connectivity index is 1.80. The lowest BCUT2D eigenvalue weighted by atomic mass is 10.2. The largest absolute Gasteiger partial charge is 0.337 e. The second kappa shape index (κ2) is 6.71. The van der Waals surface area contributed by atoms with Gasteiger partial charge in [-0.15, -0.1) is 0 Å². The predicted molar refractivity (Wildman–Crippen MR) is 92.4 cm³/mol. The first-order valence-corrected chi connectivity index (χ1v) is 8.48. The van der Waals surface area contributed by atoms with Gasteiger partial charge < -0.3 is 14.4 Å². The predicted octanol–water partition coefficient (Wildman–Crippen LogP) is 2.29. The summed E-state index contributed by atoms with van der Waals surface area (Å²) in [7, 11) is 2.14. The fraction of sp³-hybridized carbons (Fsp3) is 0.556. The second-order valence-electron chi connectivity index (χ2n) is 6.63. The zero-order chi connectivity index (χ0) is 16.4. The summed E-state index contributed by atoms with van der Waals surface area (Å²) in [5.74, 6) is 0.202. The molecule has 5 nitrogen and oxygen atoms in total. The number of aryl methyl sites for hydroxylation is 1. The molecule has 0 radical (unpaired) electrons. The van der Waals surface area contributed by atoms with Crippen LogP contribution in [0.3, 0.4) is 0 Å². The van der Waals surface area contributed by atoms with Crippen molar-refractivity contribution in [2.24, 2.45) is 0 Å². The van der Waals surface area contributed by atoms with Crippen molar-refractivity contribution in [1.29, 1.82) is 0 Å². The van der Waals surface area contributed by atoms with Gasteiger partial charge in [0.1, 0.15) is 6.54 Å². The Labute approximate surface area is 137 Å². The van der Waals surface area contributed by atoms with Crippen LogP contribution >= 0.6 is 0 Å². The molecule has 0 N–H and O–H groups in total. The van der Waals surface area contributed by atoms with Crippen molar-refractivity contribution >= 4 is 16.9 Å². The third-order valence-corrected chi connectivity index (χ3v) is 4.78. The number of carbonyl (C=O) groups excluding carboxylic acids is 1. The summed E-state index contributed by atoms with van der Waals surface area (Å²) in [4.78, 5) is 21.7. The molecule has 0 aliphatic carbocycles. The third-order valence-electron chi connectivity index (χ3n) is 4.78. The molecule has 1 saturated heterocycles. The number of carbonyl (C=O) groups is 1. The summed E-state index contributed by atoms with van der Waals surface area (Å²) in [5.41, 5.74) is 3.18. The van der Waals surface area contributed by atoms with Gasteiger partial charge in [0.2, 0.25) is 5.91 Å². The van der Waals surface area contributed by atoms with Gasteiger partial charge in [-0.05, 0) is 51.1 Å². The summed E-state index contributed by atoms with van der Waals surface area (Å²) >= 11 is 0. The van der Waals surface area contributed by atoms with Crippen LogP contribution in [0.25, 0.3) is 11.0 Å². The second-order valence-corrected chi connectivity index (χ2v) is 6.63. The van der Waals surface area contributed by atoms with E-state index in [-0.39, 0.29) is 5.91 Å². The lowest BCUT2D eigenvalue weighted by Gasteiger charge is -2.30. The number of likely N-dealkylation sites (N-methyl/N-ethyl adjacent to an activating group) is 1. The van der Waals surface area contributed by atoms with Crippen molar-refractivity contribution < 1.29 is 4.79 Å². The van der Waals surface area contributed by atoms with Crippen molar-refractivity contribution in [3.05, 3.63) is 30.1 Å². The van der Waals surface area contributed by atoms with E-state index >= 15 is 0 Å². The topological polar surface area (TPSA) is 41.4 Å². The Kier molecular flexibility index (Phi) is 4.66. The van der Waals surface area contributed by atoms with Crippen LogP contribution in [0.1, 0.15) is 25.3 Å². The van der Waals surface area contributed by atoms with E-state index in [2.05, 4.69) is 47.8 Å². The summed E-state index contributed by atoms with van der Waals surface area (Å²) in [6, 6.07) is 6.48. The molecule has 1 amide bonds. The van der Waals surface area contributed by atoms with Crippen LogP contribution in [0.4, 0.5) is 0 Å². The maximum atomic E-state index is 12.9. The molecular formula is C18H26N4O. The minimum atomic E-state index is 0.202. The highest BCUT2D eigenvalue weighted by Gasteiger charge is 2.26. The zero-order valence-electron chi connectivity index (χ0n) is 14.3. The molecule has 0 saturated carbocycles. The summed E-state index contributed by atoms with van der Waals surface area (Å²) in [5, 5.41) is 0. The van der Waals surface area contributed by atoms with Gasteiger partial charge >= 0.3 is 0 Å². The molecule has 0 spiro atoms. The smallest absolute Gasteiger partial charge is 0.242 e. The number of hydrogen-bond donors (Lipinski definition) is 0. The monoisotopic (exact) mass is 314 g/mol. The summed E-state index contributed by atoms with van der Waals surface area (Å²) in [6.07, 6.45) is 3.83. The van der Waals surface area contributed by atoms with Gasteiger partial charge in [-0.3, -0.25) is 4.79 Å². The highest BCUT2D eigenvalue weighted by molar-refractivity contribution is 5.81. The van der Waals surface area contributed by atoms with Crippen molar-refractivity contribution in [1.82, 2.24) is 19.4 Å². The maximum Gasteiger partial charge on any atom is 0.242 e. The number of benzene rings is 1. The van der Waals surface area contributed by atoms with E-state index in [1.807, 2.05) is 10.6 Å². The van der Waals surface area contributed by atoms with E-state index in [1.54, 1.807) is 6.33 Å². The van der Waals surface area contributed by atoms with E-state index < -0.39 is 0 Å². The highest BCUT2D eigenvalue weighted by Crippen LogP contribution is 2.17. The number of rotatable bonds is 3. The fourth-order valence-electron chi connectivity index (χ4n) is 3.45. The first-order chi connectivity index (χ1) is 11.1. The molecule has 3 rings (SSSR count). The summed E-state index contributed by atoms with van der Waals surface area (Å²) < 4.78 is 1.98. The van der Waals surface area contributed by atoms with E-state index in [9.17, 15) is 4.79 Å². The Hall–Kier alpha value is -1.88. The van der Waals surface area contributed by atoms with Gasteiger partial charge in [0.05, 0.1) is 17.4 Å². The first kappa shape index (κ1) is 16.0. The quantitative estimate of drug-likeness (QED) is 0.873. The van der Waals surface area contributed by atoms with Gasteiger partial charge in [0, 0.05) is 19.1 Å². The van der Waals surface area contributed by atoms with Crippen LogP contribution in [-0.2, 0) is 11.3 Å². The first-order valence-electron chi connectivity index (χ1n) is 8.48. The Morgan fingerprint density at radius 2 is 2.17 bits per heavy atom. The molecule has 1 aromatic heterocycles. The Morgan fingerprint density at radius 1 is 1.35 bits per heavy atom. The molecule has 5 heteroatoms. The average molecular weight is 314 g/mol. The molecular weight excluding hydrogens is 288 g/mol. The number of aromatic nitrogens is 2. The normalized spacial score (nSPS) is 20.0. The fourth-order valence-corrected chi connectivity index (χ4v) is 3.45. The minimum absolute atomic E-state index is 0.202. The van der Waals surface area contributed by atoms with Gasteiger partial charge in [0.15, 0.2) is 0 Å². The molecule has 1 fully saturated rings. The molecule has 1 aliphatic heterocycles. The van der Waals surface area contributed by atoms with Crippen molar-refractivity contribution in [2.75, 3.05) is 26.7 Å². The van der Waals surface area contributed by atoms with E-state index in [0.29, 0.717) is 12.6 Å². The van der Waals surface area contributed by atoms with Crippen LogP contribution in [-0.4, -0.2) is 58.0 Å².